The van der Waals surface area contributed by atoms with Gasteiger partial charge in [-0.3, -0.25) is 0 Å². The molecule has 3 heteroatoms. The first-order chi connectivity index (χ1) is 20.0. The van der Waals surface area contributed by atoms with Gasteiger partial charge < -0.3 is 24.8 Å². The predicted molar refractivity (Wildman–Crippen MR) is 186 cm³/mol. The topological polar surface area (TPSA) is 0 Å². The van der Waals surface area contributed by atoms with Crippen LogP contribution >= 0.6 is 0 Å². The van der Waals surface area contributed by atoms with Crippen LogP contribution in [0.3, 0.4) is 0 Å². The third-order valence-electron chi connectivity index (χ3n) is 9.76. The fourth-order valence-electron chi connectivity index (χ4n) is 7.24. The Morgan fingerprint density at radius 3 is 1.56 bits per heavy atom. The third kappa shape index (κ3) is 7.48. The number of benzene rings is 3. The molecule has 0 nitrogen and oxygen atoms in total. The van der Waals surface area contributed by atoms with E-state index in [0.717, 1.165) is 6.42 Å². The minimum atomic E-state index is -2.61. The van der Waals surface area contributed by atoms with Crippen LogP contribution in [0, 0.1) is 18.3 Å². The van der Waals surface area contributed by atoms with Crippen LogP contribution in [-0.4, -0.2) is 3.71 Å². The minimum absolute atomic E-state index is 0. The van der Waals surface area contributed by atoms with Crippen molar-refractivity contribution in [2.24, 2.45) is 11.3 Å². The van der Waals surface area contributed by atoms with Crippen molar-refractivity contribution in [3.63, 3.8) is 0 Å². The van der Waals surface area contributed by atoms with Gasteiger partial charge in [-0.25, -0.2) is 0 Å². The van der Waals surface area contributed by atoms with E-state index < -0.39 is 21.3 Å². The summed E-state index contributed by atoms with van der Waals surface area (Å²) in [7, 11) is 0. The maximum absolute atomic E-state index is 2.83. The maximum atomic E-state index is 2.83. The second kappa shape index (κ2) is 13.9. The molecule has 2 aliphatic rings. The third-order valence-corrected chi connectivity index (χ3v) is 17.6. The van der Waals surface area contributed by atoms with Crippen molar-refractivity contribution in [2.75, 3.05) is 0 Å². The van der Waals surface area contributed by atoms with Crippen molar-refractivity contribution in [2.45, 2.75) is 110 Å². The van der Waals surface area contributed by atoms with Crippen molar-refractivity contribution < 1.29 is 46.1 Å². The Hall–Kier alpha value is -1.53. The number of allylic oxidation sites excluding steroid dienone is 4. The molecular formula is C42H54Cl2Zr. The van der Waals surface area contributed by atoms with Crippen LogP contribution in [0.4, 0.5) is 0 Å². The van der Waals surface area contributed by atoms with Crippen molar-refractivity contribution in [3.05, 3.63) is 115 Å². The van der Waals surface area contributed by atoms with Crippen LogP contribution in [-0.2, 0) is 32.1 Å². The first-order valence-electron chi connectivity index (χ1n) is 16.6. The first kappa shape index (κ1) is 37.9. The number of halogens is 2. The Kier molecular flexibility index (Phi) is 11.7. The molecule has 0 saturated heterocycles. The van der Waals surface area contributed by atoms with Crippen LogP contribution in [0.25, 0.3) is 11.1 Å². The van der Waals surface area contributed by atoms with Crippen LogP contribution in [0.15, 0.2) is 81.2 Å². The summed E-state index contributed by atoms with van der Waals surface area (Å²) in [6.45, 7) is 28.5. The van der Waals surface area contributed by atoms with Crippen LogP contribution < -0.4 is 24.8 Å². The summed E-state index contributed by atoms with van der Waals surface area (Å²) in [4.78, 5) is 0. The summed E-state index contributed by atoms with van der Waals surface area (Å²) < 4.78 is 5.15. The molecule has 0 saturated carbocycles. The van der Waals surface area contributed by atoms with E-state index in [9.17, 15) is 0 Å². The molecular weight excluding hydrogens is 667 g/mol. The number of fused-ring (bicyclic) bond motifs is 3. The van der Waals surface area contributed by atoms with Gasteiger partial charge >= 0.3 is 272 Å². The second-order valence-corrected chi connectivity index (χ2v) is 21.8. The molecule has 0 aliphatic heterocycles. The summed E-state index contributed by atoms with van der Waals surface area (Å²) in [6, 6.07) is 24.3. The molecule has 0 fully saturated rings. The second-order valence-electron chi connectivity index (χ2n) is 16.1. The Labute approximate surface area is 295 Å². The van der Waals surface area contributed by atoms with E-state index in [4.69, 9.17) is 0 Å². The molecule has 2 aliphatic carbocycles. The smallest absolute Gasteiger partial charge is 1.00 e. The molecule has 1 unspecified atom stereocenters. The molecule has 3 aromatic rings. The van der Waals surface area contributed by atoms with Gasteiger partial charge in [0.2, 0.25) is 0 Å². The molecule has 0 spiro atoms. The van der Waals surface area contributed by atoms with Gasteiger partial charge in [0.25, 0.3) is 0 Å². The van der Waals surface area contributed by atoms with Gasteiger partial charge in [-0.1, -0.05) is 0 Å². The quantitative estimate of drug-likeness (QED) is 0.312. The number of hydrogen-bond acceptors (Lipinski definition) is 0. The number of hydrogen-bond donors (Lipinski definition) is 0. The average Bonchev–Trinajstić information content (AvgIpc) is 3.47. The SMILES string of the molecule is CCC1=[C](/[Zr+2](=[CH]\c2ccc(C)cc2)[CH]2c3cc(C(C)(C)C)ccc3-c3ccc(C(C)(C)C)cc32)C(CC)C=C1C(C)(C)C.[Cl-].[Cl-]. The Bertz CT molecular complexity index is 1570. The molecule has 240 valence electrons. The van der Waals surface area contributed by atoms with E-state index in [1.807, 2.05) is 3.28 Å². The van der Waals surface area contributed by atoms with Gasteiger partial charge in [-0.05, 0) is 0 Å². The number of rotatable bonds is 5. The van der Waals surface area contributed by atoms with Gasteiger partial charge in [0, 0.05) is 0 Å². The summed E-state index contributed by atoms with van der Waals surface area (Å²) in [5.74, 6) is 0.546. The van der Waals surface area contributed by atoms with Gasteiger partial charge in [0.05, 0.1) is 0 Å². The van der Waals surface area contributed by atoms with E-state index >= 15 is 0 Å². The van der Waals surface area contributed by atoms with Crippen LogP contribution in [0.2, 0.25) is 0 Å². The van der Waals surface area contributed by atoms with E-state index in [1.54, 1.807) is 22.3 Å². The molecule has 0 N–H and O–H groups in total. The van der Waals surface area contributed by atoms with Gasteiger partial charge in [0.15, 0.2) is 0 Å². The Balaban J connectivity index is 0.00000276. The zero-order valence-corrected chi connectivity index (χ0v) is 33.7. The maximum Gasteiger partial charge on any atom is -1.00 e. The van der Waals surface area contributed by atoms with Crippen molar-refractivity contribution in [3.8, 4) is 11.1 Å². The van der Waals surface area contributed by atoms with E-state index in [1.165, 1.54) is 39.8 Å². The van der Waals surface area contributed by atoms with Gasteiger partial charge in [-0.2, -0.15) is 0 Å². The summed E-state index contributed by atoms with van der Waals surface area (Å²) in [6.07, 6.45) is 4.99. The Morgan fingerprint density at radius 1 is 0.667 bits per heavy atom. The molecule has 0 aromatic heterocycles. The zero-order chi connectivity index (χ0) is 31.5. The standard InChI is InChI=1S/C21H25.C13H21.C8H8.2ClH.Zr/c1-20(2,3)16-7-9-18-14(12-16)11-15-13-17(21(4,5)6)8-10-19(15)18;1-6-10-8-11(7-2)12(9-10)13(3,4)5;1-7-3-5-8(2)6-4-7;;;/h7-13H,1-6H3;9-10H,6-7H2,1-5H3;1,3-6H,2H3;2*1H;/q;;;;;+2/p-2. The van der Waals surface area contributed by atoms with Crippen molar-refractivity contribution >= 4 is 3.71 Å². The summed E-state index contributed by atoms with van der Waals surface area (Å²) in [5.41, 5.74) is 15.5. The fraction of sp³-hybridized carbons (Fsp3) is 0.452. The minimum Gasteiger partial charge on any atom is -1.00 e. The molecule has 3 aromatic carbocycles. The number of aryl methyl sites for hydroxylation is 1. The molecule has 0 amide bonds. The van der Waals surface area contributed by atoms with Gasteiger partial charge in [-0.15, -0.1) is 0 Å². The molecule has 1 atom stereocenters. The molecule has 0 bridgehead atoms. The van der Waals surface area contributed by atoms with Crippen molar-refractivity contribution in [1.82, 2.24) is 0 Å². The van der Waals surface area contributed by atoms with Gasteiger partial charge in [0.1, 0.15) is 0 Å². The van der Waals surface area contributed by atoms with Crippen LogP contribution in [0.1, 0.15) is 126 Å². The monoisotopic (exact) mass is 718 g/mol. The van der Waals surface area contributed by atoms with E-state index in [0.29, 0.717) is 9.54 Å². The van der Waals surface area contributed by atoms with Crippen molar-refractivity contribution in [1.29, 1.82) is 0 Å². The molecule has 45 heavy (non-hydrogen) atoms. The largest absolute Gasteiger partial charge is 1.00 e. The Morgan fingerprint density at radius 2 is 1.16 bits per heavy atom. The van der Waals surface area contributed by atoms with E-state index in [-0.39, 0.29) is 41.1 Å². The molecule has 0 heterocycles. The van der Waals surface area contributed by atoms with E-state index in [2.05, 4.69) is 154 Å². The fourth-order valence-corrected chi connectivity index (χ4v) is 16.4. The summed E-state index contributed by atoms with van der Waals surface area (Å²) in [5, 5.41) is 0. The molecule has 5 rings (SSSR count). The normalized spacial score (nSPS) is 16.6. The average molecular weight is 721 g/mol. The first-order valence-corrected chi connectivity index (χ1v) is 20.6. The predicted octanol–water partition coefficient (Wildman–Crippen LogP) is 5.81. The zero-order valence-electron chi connectivity index (χ0n) is 29.8. The molecule has 0 radical (unpaired) electrons. The van der Waals surface area contributed by atoms with Crippen LogP contribution in [0.5, 0.6) is 0 Å². The summed E-state index contributed by atoms with van der Waals surface area (Å²) >= 11 is -2.61.